The molecule has 0 radical (unpaired) electrons. The summed E-state index contributed by atoms with van der Waals surface area (Å²) in [4.78, 5) is 4.91. The number of nitrogens with one attached hydrogen (secondary N) is 1. The lowest BCUT2D eigenvalue weighted by Crippen LogP contribution is -2.35. The number of amidine groups is 1. The Morgan fingerprint density at radius 2 is 1.88 bits per heavy atom. The van der Waals surface area contributed by atoms with Gasteiger partial charge in [-0.1, -0.05) is 29.4 Å². The summed E-state index contributed by atoms with van der Waals surface area (Å²) in [5.74, 6) is 9.01. The molecule has 8 nitrogen and oxygen atoms in total. The monoisotopic (exact) mass is 616 g/mol. The van der Waals surface area contributed by atoms with E-state index in [-0.39, 0.29) is 41.2 Å². The molecular weight excluding hydrogens is 589 g/mol. The maximum Gasteiger partial charge on any atom is 0.173 e. The molecule has 1 aliphatic rings. The summed E-state index contributed by atoms with van der Waals surface area (Å²) in [6.07, 6.45) is 2.47. The van der Waals surface area contributed by atoms with Gasteiger partial charge in [0.1, 0.15) is 35.6 Å². The Bertz CT molecular complexity index is 1590. The van der Waals surface area contributed by atoms with Crippen LogP contribution in [0.3, 0.4) is 0 Å². The zero-order valence-corrected chi connectivity index (χ0v) is 24.1. The minimum Gasteiger partial charge on any atom is -0.495 e. The van der Waals surface area contributed by atoms with Gasteiger partial charge in [-0.2, -0.15) is 5.10 Å². The van der Waals surface area contributed by atoms with Crippen LogP contribution >= 0.6 is 23.4 Å². The van der Waals surface area contributed by atoms with Crippen molar-refractivity contribution in [2.75, 3.05) is 13.7 Å². The highest BCUT2D eigenvalue weighted by molar-refractivity contribution is 7.98. The number of halogens is 4. The molecule has 1 aliphatic carbocycles. The normalized spacial score (nSPS) is 14.9. The van der Waals surface area contributed by atoms with Crippen LogP contribution in [0.2, 0.25) is 5.02 Å². The molecule has 0 amide bonds. The first-order valence-corrected chi connectivity index (χ1v) is 14.4. The van der Waals surface area contributed by atoms with E-state index in [1.165, 1.54) is 23.9 Å². The number of nitrogens with zero attached hydrogens (tertiary/aromatic N) is 3. The van der Waals surface area contributed by atoms with Gasteiger partial charge in [0.25, 0.3) is 0 Å². The highest BCUT2D eigenvalue weighted by Gasteiger charge is 2.31. The van der Waals surface area contributed by atoms with Crippen molar-refractivity contribution in [1.29, 1.82) is 0 Å². The molecule has 4 aromatic rings. The molecule has 5 rings (SSSR count). The van der Waals surface area contributed by atoms with Gasteiger partial charge in [0.2, 0.25) is 0 Å². The van der Waals surface area contributed by atoms with Crippen LogP contribution in [-0.4, -0.2) is 29.1 Å². The quantitative estimate of drug-likeness (QED) is 0.0713. The first kappa shape index (κ1) is 29.6. The number of aromatic nitrogens is 2. The topological polar surface area (TPSA) is 113 Å². The van der Waals surface area contributed by atoms with Gasteiger partial charge in [-0.15, -0.1) is 0 Å². The van der Waals surface area contributed by atoms with Gasteiger partial charge in [0, 0.05) is 35.1 Å². The van der Waals surface area contributed by atoms with Crippen LogP contribution in [0.1, 0.15) is 41.3 Å². The van der Waals surface area contributed by atoms with Crippen LogP contribution < -0.4 is 26.6 Å². The van der Waals surface area contributed by atoms with Crippen molar-refractivity contribution < 1.29 is 22.6 Å². The number of aryl methyl sites for hydroxylation is 1. The van der Waals surface area contributed by atoms with Crippen LogP contribution in [-0.2, 0) is 12.2 Å². The van der Waals surface area contributed by atoms with Crippen molar-refractivity contribution in [3.05, 3.63) is 99.6 Å². The molecule has 220 valence electrons. The highest BCUT2D eigenvalue weighted by Crippen LogP contribution is 2.43. The van der Waals surface area contributed by atoms with E-state index in [9.17, 15) is 4.39 Å². The minimum atomic E-state index is -0.778. The van der Waals surface area contributed by atoms with Crippen LogP contribution in [0.15, 0.2) is 64.9 Å². The van der Waals surface area contributed by atoms with Gasteiger partial charge in [-0.05, 0) is 61.2 Å². The van der Waals surface area contributed by atoms with E-state index in [0.29, 0.717) is 21.6 Å². The Kier molecular flexibility index (Phi) is 9.15. The largest absolute Gasteiger partial charge is 0.495 e. The number of methoxy groups -OCH3 is 1. The van der Waals surface area contributed by atoms with E-state index < -0.39 is 11.6 Å². The number of rotatable bonds is 9. The molecule has 0 saturated heterocycles. The number of hydrogen-bond donors (Lipinski definition) is 3. The number of hydrazone groups is 1. The molecule has 13 heteroatoms. The SMILES string of the molecule is COc1cc(C2CCCc3nc(SCc4c(F)cc(OC/C(=N/N)NN)cc4F)n(-c4ccc(F)cc4)c32)ccc1Cl. The summed E-state index contributed by atoms with van der Waals surface area (Å²) in [5, 5.41) is 4.42. The van der Waals surface area contributed by atoms with Crippen LogP contribution in [0.4, 0.5) is 13.2 Å². The Labute approximate surface area is 249 Å². The van der Waals surface area contributed by atoms with Crippen molar-refractivity contribution >= 4 is 29.2 Å². The Morgan fingerprint density at radius 3 is 2.55 bits per heavy atom. The molecule has 42 heavy (non-hydrogen) atoms. The van der Waals surface area contributed by atoms with Crippen molar-refractivity contribution in [1.82, 2.24) is 15.0 Å². The number of hydrogen-bond acceptors (Lipinski definition) is 7. The van der Waals surface area contributed by atoms with Gasteiger partial charge in [-0.3, -0.25) is 4.57 Å². The van der Waals surface area contributed by atoms with E-state index in [2.05, 4.69) is 10.5 Å². The number of hydrazine groups is 1. The lowest BCUT2D eigenvalue weighted by molar-refractivity contribution is 0.365. The molecule has 1 heterocycles. The van der Waals surface area contributed by atoms with E-state index in [1.54, 1.807) is 25.3 Å². The second kappa shape index (κ2) is 13.0. The smallest absolute Gasteiger partial charge is 0.173 e. The van der Waals surface area contributed by atoms with Gasteiger partial charge in [-0.25, -0.2) is 24.0 Å². The van der Waals surface area contributed by atoms with E-state index in [1.807, 2.05) is 16.7 Å². The third-order valence-corrected chi connectivity index (χ3v) is 8.29. The standard InChI is InChI=1S/C29H28ClF3N6O2S/c1-40-26-11-16(5-10-22(26)30)20-3-2-4-25-28(20)39(18-8-6-17(31)7-9-18)29(36-25)42-15-21-23(32)12-19(13-24(21)33)41-14-27(37-34)38-35/h5-13,20H,2-4,14-15,34-35H2,1H3,(H,37,38). The molecule has 5 N–H and O–H groups in total. The maximum absolute atomic E-state index is 15.1. The Morgan fingerprint density at radius 1 is 1.14 bits per heavy atom. The predicted molar refractivity (Wildman–Crippen MR) is 157 cm³/mol. The van der Waals surface area contributed by atoms with Crippen molar-refractivity contribution in [3.63, 3.8) is 0 Å². The number of nitrogens with two attached hydrogens (primary N) is 2. The summed E-state index contributed by atoms with van der Waals surface area (Å²) in [6.45, 7) is -0.193. The second-order valence-corrected chi connectivity index (χ2v) is 10.9. The molecule has 1 aromatic heterocycles. The molecule has 0 saturated carbocycles. The molecule has 1 unspecified atom stereocenters. The average Bonchev–Trinajstić information content (AvgIpc) is 3.36. The molecule has 1 atom stereocenters. The summed E-state index contributed by atoms with van der Waals surface area (Å²) >= 11 is 7.48. The van der Waals surface area contributed by atoms with E-state index >= 15 is 8.78 Å². The van der Waals surface area contributed by atoms with Crippen molar-refractivity contribution in [3.8, 4) is 17.2 Å². The van der Waals surface area contributed by atoms with Gasteiger partial charge < -0.3 is 20.7 Å². The summed E-state index contributed by atoms with van der Waals surface area (Å²) in [5.41, 5.74) is 5.60. The van der Waals surface area contributed by atoms with Crippen molar-refractivity contribution in [2.24, 2.45) is 16.8 Å². The van der Waals surface area contributed by atoms with Crippen LogP contribution in [0.5, 0.6) is 11.5 Å². The molecule has 0 bridgehead atoms. The number of thioether (sulfide) groups is 1. The summed E-state index contributed by atoms with van der Waals surface area (Å²) in [7, 11) is 1.56. The third-order valence-electron chi connectivity index (χ3n) is 7.02. The Balaban J connectivity index is 1.50. The van der Waals surface area contributed by atoms with E-state index in [0.717, 1.165) is 48.3 Å². The summed E-state index contributed by atoms with van der Waals surface area (Å²) < 4.78 is 56.8. The van der Waals surface area contributed by atoms with Gasteiger partial charge in [0.15, 0.2) is 11.0 Å². The Hall–Kier alpha value is -3.87. The fraction of sp³-hybridized carbons (Fsp3) is 0.241. The minimum absolute atomic E-state index is 0.0420. The lowest BCUT2D eigenvalue weighted by atomic mass is 9.84. The second-order valence-electron chi connectivity index (χ2n) is 9.54. The van der Waals surface area contributed by atoms with Crippen LogP contribution in [0, 0.1) is 17.5 Å². The summed E-state index contributed by atoms with van der Waals surface area (Å²) in [6, 6.07) is 13.9. The third kappa shape index (κ3) is 6.15. The number of fused-ring (bicyclic) bond motifs is 1. The number of benzene rings is 3. The zero-order chi connectivity index (χ0) is 29.8. The number of ether oxygens (including phenoxy) is 2. The fourth-order valence-electron chi connectivity index (χ4n) is 4.97. The van der Waals surface area contributed by atoms with Crippen LogP contribution in [0.25, 0.3) is 5.69 Å². The average molecular weight is 617 g/mol. The zero-order valence-electron chi connectivity index (χ0n) is 22.5. The molecule has 0 fully saturated rings. The molecule has 0 spiro atoms. The number of imidazole rings is 1. The first-order valence-electron chi connectivity index (χ1n) is 13.0. The lowest BCUT2D eigenvalue weighted by Gasteiger charge is -2.26. The molecular formula is C29H28ClF3N6O2S. The molecule has 0 aliphatic heterocycles. The first-order chi connectivity index (χ1) is 20.3. The maximum atomic E-state index is 15.1. The fourth-order valence-corrected chi connectivity index (χ4v) is 6.22. The van der Waals surface area contributed by atoms with Gasteiger partial charge >= 0.3 is 0 Å². The predicted octanol–water partition coefficient (Wildman–Crippen LogP) is 5.83. The highest BCUT2D eigenvalue weighted by atomic mass is 35.5. The van der Waals surface area contributed by atoms with Crippen molar-refractivity contribution in [2.45, 2.75) is 36.1 Å². The van der Waals surface area contributed by atoms with Gasteiger partial charge in [0.05, 0.1) is 23.5 Å². The molecule has 3 aromatic carbocycles. The van der Waals surface area contributed by atoms with E-state index in [4.69, 9.17) is 37.7 Å².